The Kier molecular flexibility index (Phi) is 2.55. The van der Waals surface area contributed by atoms with E-state index in [-0.39, 0.29) is 11.0 Å². The zero-order chi connectivity index (χ0) is 11.1. The Morgan fingerprint density at radius 3 is 1.79 bits per heavy atom. The molecule has 1 rings (SSSR count). The van der Waals surface area contributed by atoms with Gasteiger partial charge in [-0.25, -0.2) is 0 Å². The van der Waals surface area contributed by atoms with E-state index in [1.165, 1.54) is 11.3 Å². The van der Waals surface area contributed by atoms with Gasteiger partial charge in [0, 0.05) is 22.8 Å². The van der Waals surface area contributed by atoms with Crippen LogP contribution >= 0.6 is 0 Å². The summed E-state index contributed by atoms with van der Waals surface area (Å²) in [6.07, 6.45) is 2.20. The minimum Gasteiger partial charge on any atom is -0.345 e. The number of hydrogen-bond donors (Lipinski definition) is 0. The van der Waals surface area contributed by atoms with Crippen LogP contribution in [-0.4, -0.2) is 4.57 Å². The van der Waals surface area contributed by atoms with Gasteiger partial charge in [0.25, 0.3) is 0 Å². The Bertz CT molecular complexity index is 318. The summed E-state index contributed by atoms with van der Waals surface area (Å²) in [5, 5.41) is 0. The van der Waals surface area contributed by atoms with Crippen molar-refractivity contribution < 1.29 is 0 Å². The number of nitrogens with zero attached hydrogens (tertiary/aromatic N) is 1. The molecule has 0 aliphatic heterocycles. The first-order valence-corrected chi connectivity index (χ1v) is 5.33. The third-order valence-electron chi connectivity index (χ3n) is 2.52. The quantitative estimate of drug-likeness (QED) is 0.590. The van der Waals surface area contributed by atoms with Gasteiger partial charge < -0.3 is 4.57 Å². The van der Waals surface area contributed by atoms with Crippen molar-refractivity contribution in [1.29, 1.82) is 0 Å². The molecular formula is C13H23N. The van der Waals surface area contributed by atoms with Crippen LogP contribution in [0, 0.1) is 6.92 Å². The zero-order valence-corrected chi connectivity index (χ0v) is 10.6. The molecule has 0 aliphatic carbocycles. The van der Waals surface area contributed by atoms with E-state index in [0.29, 0.717) is 0 Å². The maximum absolute atomic E-state index is 2.39. The maximum atomic E-state index is 2.39. The topological polar surface area (TPSA) is 4.93 Å². The third kappa shape index (κ3) is 2.02. The highest BCUT2D eigenvalue weighted by Gasteiger charge is 2.25. The SMILES string of the molecule is Cc1ccn(C(C)(C)C)c1C(C)(C)C. The lowest BCUT2D eigenvalue weighted by Crippen LogP contribution is -2.28. The van der Waals surface area contributed by atoms with Gasteiger partial charge in [0.1, 0.15) is 0 Å². The second kappa shape index (κ2) is 3.15. The summed E-state index contributed by atoms with van der Waals surface area (Å²) >= 11 is 0. The lowest BCUT2D eigenvalue weighted by atomic mass is 9.88. The standard InChI is InChI=1S/C13H23N/c1-10-8-9-14(13(5,6)7)11(10)12(2,3)4/h8-9H,1-7H3. The van der Waals surface area contributed by atoms with Gasteiger partial charge >= 0.3 is 0 Å². The van der Waals surface area contributed by atoms with Crippen molar-refractivity contribution in [3.63, 3.8) is 0 Å². The third-order valence-corrected chi connectivity index (χ3v) is 2.52. The van der Waals surface area contributed by atoms with Crippen LogP contribution in [0.25, 0.3) is 0 Å². The van der Waals surface area contributed by atoms with E-state index in [1.807, 2.05) is 0 Å². The molecule has 0 saturated carbocycles. The van der Waals surface area contributed by atoms with Gasteiger partial charge in [-0.05, 0) is 39.3 Å². The number of aryl methyl sites for hydroxylation is 1. The average Bonchev–Trinajstić information content (AvgIpc) is 2.27. The second-order valence-electron chi connectivity index (χ2n) is 6.14. The average molecular weight is 193 g/mol. The highest BCUT2D eigenvalue weighted by atomic mass is 15.0. The van der Waals surface area contributed by atoms with E-state index in [9.17, 15) is 0 Å². The Labute approximate surface area is 88.1 Å². The van der Waals surface area contributed by atoms with Gasteiger partial charge in [0.05, 0.1) is 0 Å². The fourth-order valence-electron chi connectivity index (χ4n) is 2.04. The van der Waals surface area contributed by atoms with Crippen molar-refractivity contribution in [2.24, 2.45) is 0 Å². The van der Waals surface area contributed by atoms with Crippen molar-refractivity contribution in [3.05, 3.63) is 23.5 Å². The summed E-state index contributed by atoms with van der Waals surface area (Å²) in [6, 6.07) is 2.21. The largest absolute Gasteiger partial charge is 0.345 e. The van der Waals surface area contributed by atoms with Crippen molar-refractivity contribution >= 4 is 0 Å². The predicted octanol–water partition coefficient (Wildman–Crippen LogP) is 3.85. The molecular weight excluding hydrogens is 170 g/mol. The molecule has 0 fully saturated rings. The molecule has 80 valence electrons. The van der Waals surface area contributed by atoms with Gasteiger partial charge in [0.15, 0.2) is 0 Å². The molecule has 1 aromatic rings. The Morgan fingerprint density at radius 1 is 1.00 bits per heavy atom. The molecule has 1 heterocycles. The number of aromatic nitrogens is 1. The molecule has 0 bridgehead atoms. The molecule has 0 aromatic carbocycles. The van der Waals surface area contributed by atoms with Crippen LogP contribution in [0.1, 0.15) is 52.8 Å². The summed E-state index contributed by atoms with van der Waals surface area (Å²) in [6.45, 7) is 15.8. The van der Waals surface area contributed by atoms with Crippen LogP contribution in [0.3, 0.4) is 0 Å². The molecule has 1 aromatic heterocycles. The Balaban J connectivity index is 3.35. The minimum absolute atomic E-state index is 0.177. The highest BCUT2D eigenvalue weighted by Crippen LogP contribution is 2.30. The molecule has 0 aliphatic rings. The summed E-state index contributed by atoms with van der Waals surface area (Å²) in [7, 11) is 0. The molecule has 0 radical (unpaired) electrons. The summed E-state index contributed by atoms with van der Waals surface area (Å²) in [4.78, 5) is 0. The predicted molar refractivity (Wildman–Crippen MR) is 62.9 cm³/mol. The van der Waals surface area contributed by atoms with Gasteiger partial charge in [-0.2, -0.15) is 0 Å². The number of hydrogen-bond acceptors (Lipinski definition) is 0. The van der Waals surface area contributed by atoms with E-state index in [4.69, 9.17) is 0 Å². The van der Waals surface area contributed by atoms with Crippen molar-refractivity contribution in [2.45, 2.75) is 59.4 Å². The van der Waals surface area contributed by atoms with Crippen molar-refractivity contribution in [3.8, 4) is 0 Å². The molecule has 0 N–H and O–H groups in total. The number of rotatable bonds is 0. The van der Waals surface area contributed by atoms with E-state index in [0.717, 1.165) is 0 Å². The zero-order valence-electron chi connectivity index (χ0n) is 10.6. The summed E-state index contributed by atoms with van der Waals surface area (Å²) < 4.78 is 2.39. The maximum Gasteiger partial charge on any atom is 0.0358 e. The van der Waals surface area contributed by atoms with Gasteiger partial charge in [-0.15, -0.1) is 0 Å². The molecule has 0 unspecified atom stereocenters. The van der Waals surface area contributed by atoms with E-state index >= 15 is 0 Å². The second-order valence-corrected chi connectivity index (χ2v) is 6.14. The molecule has 0 saturated heterocycles. The van der Waals surface area contributed by atoms with E-state index in [1.54, 1.807) is 0 Å². The first-order chi connectivity index (χ1) is 6.14. The Hall–Kier alpha value is -0.720. The van der Waals surface area contributed by atoms with Gasteiger partial charge in [0.2, 0.25) is 0 Å². The van der Waals surface area contributed by atoms with Crippen LogP contribution in [0.5, 0.6) is 0 Å². The van der Waals surface area contributed by atoms with Crippen LogP contribution in [0.15, 0.2) is 12.3 Å². The van der Waals surface area contributed by atoms with Crippen molar-refractivity contribution in [1.82, 2.24) is 4.57 Å². The van der Waals surface area contributed by atoms with Crippen LogP contribution in [-0.2, 0) is 11.0 Å². The normalized spacial score (nSPS) is 13.4. The molecule has 0 atom stereocenters. The molecule has 1 heteroatoms. The van der Waals surface area contributed by atoms with Crippen LogP contribution in [0.4, 0.5) is 0 Å². The van der Waals surface area contributed by atoms with E-state index < -0.39 is 0 Å². The Morgan fingerprint density at radius 2 is 1.50 bits per heavy atom. The molecule has 1 nitrogen and oxygen atoms in total. The lowest BCUT2D eigenvalue weighted by Gasteiger charge is -2.31. The highest BCUT2D eigenvalue weighted by molar-refractivity contribution is 5.28. The van der Waals surface area contributed by atoms with Gasteiger partial charge in [-0.1, -0.05) is 20.8 Å². The van der Waals surface area contributed by atoms with Crippen molar-refractivity contribution in [2.75, 3.05) is 0 Å². The first kappa shape index (κ1) is 11.4. The smallest absolute Gasteiger partial charge is 0.0358 e. The first-order valence-electron chi connectivity index (χ1n) is 5.33. The fourth-order valence-corrected chi connectivity index (χ4v) is 2.04. The lowest BCUT2D eigenvalue weighted by molar-refractivity contribution is 0.359. The van der Waals surface area contributed by atoms with E-state index in [2.05, 4.69) is 65.3 Å². The fraction of sp³-hybridized carbons (Fsp3) is 0.692. The van der Waals surface area contributed by atoms with Gasteiger partial charge in [-0.3, -0.25) is 0 Å². The molecule has 0 amide bonds. The molecule has 14 heavy (non-hydrogen) atoms. The van der Waals surface area contributed by atoms with Crippen LogP contribution in [0.2, 0.25) is 0 Å². The summed E-state index contributed by atoms with van der Waals surface area (Å²) in [5.41, 5.74) is 3.25. The molecule has 0 spiro atoms. The summed E-state index contributed by atoms with van der Waals surface area (Å²) in [5.74, 6) is 0. The monoisotopic (exact) mass is 193 g/mol. The van der Waals surface area contributed by atoms with Crippen LogP contribution < -0.4 is 0 Å². The minimum atomic E-state index is 0.177.